The van der Waals surface area contributed by atoms with E-state index < -0.39 is 0 Å². The highest BCUT2D eigenvalue weighted by atomic mass is 35.5. The van der Waals surface area contributed by atoms with Gasteiger partial charge in [0.25, 0.3) is 0 Å². The smallest absolute Gasteiger partial charge is 0.124 e. The molecule has 1 N–H and O–H groups in total. The first kappa shape index (κ1) is 16.6. The fourth-order valence-electron chi connectivity index (χ4n) is 2.87. The molecule has 0 aliphatic carbocycles. The van der Waals surface area contributed by atoms with E-state index in [0.29, 0.717) is 0 Å². The van der Waals surface area contributed by atoms with Crippen LogP contribution in [0.1, 0.15) is 44.7 Å². The third-order valence-electron chi connectivity index (χ3n) is 4.06. The van der Waals surface area contributed by atoms with Gasteiger partial charge in [-0.15, -0.1) is 0 Å². The van der Waals surface area contributed by atoms with Gasteiger partial charge < -0.3 is 10.1 Å². The third-order valence-corrected chi connectivity index (χ3v) is 4.30. The van der Waals surface area contributed by atoms with Gasteiger partial charge >= 0.3 is 0 Å². The van der Waals surface area contributed by atoms with Gasteiger partial charge in [-0.25, -0.2) is 0 Å². The Balaban J connectivity index is 1.91. The number of rotatable bonds is 7. The Bertz CT molecular complexity index is 433. The number of ether oxygens (including phenoxy) is 1. The predicted octanol–water partition coefficient (Wildman–Crippen LogP) is 3.88. The Morgan fingerprint density at radius 2 is 2.05 bits per heavy atom. The van der Waals surface area contributed by atoms with Crippen LogP contribution in [0.4, 0.5) is 0 Å². The van der Waals surface area contributed by atoms with Crippen molar-refractivity contribution >= 4 is 11.6 Å². The molecule has 1 fully saturated rings. The highest BCUT2D eigenvalue weighted by molar-refractivity contribution is 6.30. The minimum atomic E-state index is 0.249. The molecule has 3 nitrogen and oxygen atoms in total. The molecule has 0 bridgehead atoms. The lowest BCUT2D eigenvalue weighted by atomic mass is 10.1. The summed E-state index contributed by atoms with van der Waals surface area (Å²) < 4.78 is 6.02. The van der Waals surface area contributed by atoms with E-state index >= 15 is 0 Å². The molecule has 1 saturated heterocycles. The zero-order valence-electron chi connectivity index (χ0n) is 13.2. The summed E-state index contributed by atoms with van der Waals surface area (Å²) in [7, 11) is 0. The van der Waals surface area contributed by atoms with E-state index in [-0.39, 0.29) is 6.04 Å². The van der Waals surface area contributed by atoms with E-state index in [9.17, 15) is 0 Å². The van der Waals surface area contributed by atoms with Crippen molar-refractivity contribution in [2.24, 2.45) is 0 Å². The summed E-state index contributed by atoms with van der Waals surface area (Å²) in [6, 6.07) is 6.14. The van der Waals surface area contributed by atoms with E-state index in [1.54, 1.807) is 0 Å². The van der Waals surface area contributed by atoms with Crippen LogP contribution in [0.2, 0.25) is 5.02 Å². The number of nitrogens with one attached hydrogen (secondary N) is 1. The average molecular weight is 311 g/mol. The van der Waals surface area contributed by atoms with Crippen molar-refractivity contribution in [3.8, 4) is 5.75 Å². The van der Waals surface area contributed by atoms with Crippen molar-refractivity contribution in [3.05, 3.63) is 28.8 Å². The normalized spacial score (nSPS) is 17.7. The maximum absolute atomic E-state index is 6.13. The van der Waals surface area contributed by atoms with Crippen LogP contribution in [0, 0.1) is 0 Å². The summed E-state index contributed by atoms with van der Waals surface area (Å²) in [6.07, 6.45) is 4.02. The minimum absolute atomic E-state index is 0.249. The summed E-state index contributed by atoms with van der Waals surface area (Å²) in [4.78, 5) is 2.49. The molecule has 118 valence electrons. The van der Waals surface area contributed by atoms with E-state index in [1.165, 1.54) is 32.4 Å². The molecule has 21 heavy (non-hydrogen) atoms. The molecule has 0 spiro atoms. The number of piperidine rings is 1. The molecule has 1 aromatic carbocycles. The van der Waals surface area contributed by atoms with Crippen LogP contribution in [-0.2, 0) is 0 Å². The van der Waals surface area contributed by atoms with Crippen molar-refractivity contribution in [2.75, 3.05) is 32.8 Å². The maximum atomic E-state index is 6.13. The standard InChI is InChI=1S/C17H27ClN2O/c1-3-19-14(2)16-13-15(18)7-8-17(16)21-12-11-20-9-5-4-6-10-20/h7-8,13-14,19H,3-6,9-12H2,1-2H3. The predicted molar refractivity (Wildman–Crippen MR) is 89.3 cm³/mol. The number of likely N-dealkylation sites (tertiary alicyclic amines) is 1. The first-order valence-corrected chi connectivity index (χ1v) is 8.46. The third kappa shape index (κ3) is 5.17. The number of halogens is 1. The molecule has 0 radical (unpaired) electrons. The van der Waals surface area contributed by atoms with Crippen LogP contribution < -0.4 is 10.1 Å². The fraction of sp³-hybridized carbons (Fsp3) is 0.647. The molecule has 0 amide bonds. The first-order valence-electron chi connectivity index (χ1n) is 8.08. The monoisotopic (exact) mass is 310 g/mol. The molecule has 4 heteroatoms. The molecular weight excluding hydrogens is 284 g/mol. The molecule has 1 aromatic rings. The van der Waals surface area contributed by atoms with Crippen molar-refractivity contribution in [2.45, 2.75) is 39.2 Å². The van der Waals surface area contributed by atoms with Gasteiger partial charge in [0.1, 0.15) is 12.4 Å². The molecule has 0 saturated carbocycles. The number of benzene rings is 1. The zero-order chi connectivity index (χ0) is 15.1. The van der Waals surface area contributed by atoms with Gasteiger partial charge in [0, 0.05) is 23.2 Å². The summed E-state index contributed by atoms with van der Waals surface area (Å²) >= 11 is 6.13. The van der Waals surface area contributed by atoms with Gasteiger partial charge in [-0.3, -0.25) is 4.90 Å². The largest absolute Gasteiger partial charge is 0.492 e. The molecule has 1 heterocycles. The molecule has 1 atom stereocenters. The van der Waals surface area contributed by atoms with Crippen molar-refractivity contribution in [1.29, 1.82) is 0 Å². The molecule has 2 rings (SSSR count). The second-order valence-corrected chi connectivity index (χ2v) is 6.15. The minimum Gasteiger partial charge on any atom is -0.492 e. The molecule has 0 aromatic heterocycles. The van der Waals surface area contributed by atoms with Crippen LogP contribution in [0.3, 0.4) is 0 Å². The molecule has 1 aliphatic heterocycles. The second-order valence-electron chi connectivity index (χ2n) is 5.71. The van der Waals surface area contributed by atoms with Crippen molar-refractivity contribution in [1.82, 2.24) is 10.2 Å². The van der Waals surface area contributed by atoms with E-state index in [2.05, 4.69) is 24.1 Å². The van der Waals surface area contributed by atoms with Crippen LogP contribution in [0.15, 0.2) is 18.2 Å². The number of hydrogen-bond acceptors (Lipinski definition) is 3. The second kappa shape index (κ2) is 8.62. The highest BCUT2D eigenvalue weighted by Gasteiger charge is 2.13. The maximum Gasteiger partial charge on any atom is 0.124 e. The Morgan fingerprint density at radius 3 is 2.76 bits per heavy atom. The summed E-state index contributed by atoms with van der Waals surface area (Å²) in [5.74, 6) is 0.949. The highest BCUT2D eigenvalue weighted by Crippen LogP contribution is 2.28. The molecule has 1 unspecified atom stereocenters. The summed E-state index contributed by atoms with van der Waals surface area (Å²) in [6.45, 7) is 9.37. The SMILES string of the molecule is CCNC(C)c1cc(Cl)ccc1OCCN1CCCCC1. The summed E-state index contributed by atoms with van der Waals surface area (Å²) in [5.41, 5.74) is 1.14. The van der Waals surface area contributed by atoms with Gasteiger partial charge in [0.15, 0.2) is 0 Å². The molecular formula is C17H27ClN2O. The Hall–Kier alpha value is -0.770. The van der Waals surface area contributed by atoms with Gasteiger partial charge in [0.2, 0.25) is 0 Å². The summed E-state index contributed by atoms with van der Waals surface area (Å²) in [5, 5.41) is 4.18. The fourth-order valence-corrected chi connectivity index (χ4v) is 3.05. The lowest BCUT2D eigenvalue weighted by Gasteiger charge is -2.26. The zero-order valence-corrected chi connectivity index (χ0v) is 14.0. The van der Waals surface area contributed by atoms with Crippen molar-refractivity contribution < 1.29 is 4.74 Å². The van der Waals surface area contributed by atoms with E-state index in [4.69, 9.17) is 16.3 Å². The van der Waals surface area contributed by atoms with E-state index in [0.717, 1.165) is 36.0 Å². The quantitative estimate of drug-likeness (QED) is 0.827. The van der Waals surface area contributed by atoms with E-state index in [1.807, 2.05) is 18.2 Å². The van der Waals surface area contributed by atoms with Crippen LogP contribution in [-0.4, -0.2) is 37.7 Å². The first-order chi connectivity index (χ1) is 10.2. The Labute approximate surface area is 133 Å². The Morgan fingerprint density at radius 1 is 1.29 bits per heavy atom. The van der Waals surface area contributed by atoms with Gasteiger partial charge in [-0.1, -0.05) is 24.9 Å². The van der Waals surface area contributed by atoms with Gasteiger partial charge in [0.05, 0.1) is 0 Å². The lowest BCUT2D eigenvalue weighted by Crippen LogP contribution is -2.33. The Kier molecular flexibility index (Phi) is 6.81. The van der Waals surface area contributed by atoms with Crippen molar-refractivity contribution in [3.63, 3.8) is 0 Å². The van der Waals surface area contributed by atoms with Crippen LogP contribution >= 0.6 is 11.6 Å². The van der Waals surface area contributed by atoms with Gasteiger partial charge in [-0.2, -0.15) is 0 Å². The lowest BCUT2D eigenvalue weighted by molar-refractivity contribution is 0.182. The average Bonchev–Trinajstić information content (AvgIpc) is 2.50. The number of nitrogens with zero attached hydrogens (tertiary/aromatic N) is 1. The van der Waals surface area contributed by atoms with Gasteiger partial charge in [-0.05, 0) is 57.6 Å². The number of hydrogen-bond donors (Lipinski definition) is 1. The topological polar surface area (TPSA) is 24.5 Å². The molecule has 1 aliphatic rings. The van der Waals surface area contributed by atoms with Crippen LogP contribution in [0.25, 0.3) is 0 Å². The van der Waals surface area contributed by atoms with Crippen LogP contribution in [0.5, 0.6) is 5.75 Å².